The van der Waals surface area contributed by atoms with E-state index in [1.165, 1.54) is 4.90 Å². The first kappa shape index (κ1) is 13.8. The minimum Gasteiger partial charge on any atom is -0.480 e. The molecule has 0 aliphatic heterocycles. The second-order valence-electron chi connectivity index (χ2n) is 4.52. The molecule has 1 aliphatic carbocycles. The molecule has 1 saturated carbocycles. The van der Waals surface area contributed by atoms with Gasteiger partial charge in [-0.15, -0.1) is 0 Å². The maximum atomic E-state index is 12.2. The molecular formula is C12H22N2O3. The van der Waals surface area contributed by atoms with Crippen molar-refractivity contribution >= 4 is 12.0 Å². The molecule has 0 saturated heterocycles. The number of aliphatic carboxylic acids is 1. The Bertz CT molecular complexity index is 277. The fourth-order valence-electron chi connectivity index (χ4n) is 1.92. The summed E-state index contributed by atoms with van der Waals surface area (Å²) in [7, 11) is 0. The number of hydrogen-bond donors (Lipinski definition) is 1. The van der Waals surface area contributed by atoms with Crippen LogP contribution in [0, 0.1) is 0 Å². The highest BCUT2D eigenvalue weighted by molar-refractivity contribution is 5.80. The molecule has 5 heteroatoms. The summed E-state index contributed by atoms with van der Waals surface area (Å²) in [5, 5.41) is 8.81. The van der Waals surface area contributed by atoms with Gasteiger partial charge >= 0.3 is 12.0 Å². The summed E-state index contributed by atoms with van der Waals surface area (Å²) in [6.45, 7) is 5.02. The summed E-state index contributed by atoms with van der Waals surface area (Å²) < 4.78 is 0. The van der Waals surface area contributed by atoms with E-state index in [1.807, 2.05) is 18.7 Å². The number of carboxylic acid groups (broad SMARTS) is 1. The third kappa shape index (κ3) is 4.24. The molecule has 1 fully saturated rings. The van der Waals surface area contributed by atoms with Crippen LogP contribution in [0.15, 0.2) is 0 Å². The van der Waals surface area contributed by atoms with Crippen LogP contribution in [0.1, 0.15) is 39.5 Å². The number of amides is 2. The van der Waals surface area contributed by atoms with Crippen molar-refractivity contribution in [3.63, 3.8) is 0 Å². The molecule has 0 aromatic rings. The smallest absolute Gasteiger partial charge is 0.323 e. The van der Waals surface area contributed by atoms with Gasteiger partial charge in [0.1, 0.15) is 6.54 Å². The molecule has 2 amide bonds. The lowest BCUT2D eigenvalue weighted by Crippen LogP contribution is -2.47. The number of nitrogens with zero attached hydrogens (tertiary/aromatic N) is 2. The van der Waals surface area contributed by atoms with E-state index >= 15 is 0 Å². The summed E-state index contributed by atoms with van der Waals surface area (Å²) in [4.78, 5) is 26.2. The van der Waals surface area contributed by atoms with Crippen LogP contribution in [-0.4, -0.2) is 52.6 Å². The van der Waals surface area contributed by atoms with Gasteiger partial charge in [-0.25, -0.2) is 4.79 Å². The zero-order chi connectivity index (χ0) is 12.8. The van der Waals surface area contributed by atoms with E-state index in [4.69, 9.17) is 5.11 Å². The van der Waals surface area contributed by atoms with Gasteiger partial charge in [-0.1, -0.05) is 13.8 Å². The van der Waals surface area contributed by atoms with Gasteiger partial charge < -0.3 is 14.9 Å². The van der Waals surface area contributed by atoms with Crippen LogP contribution in [-0.2, 0) is 4.79 Å². The Balaban J connectivity index is 2.62. The standard InChI is InChI=1S/C12H22N2O3/c1-3-7-13(9-11(15)16)12(17)14(8-4-2)10-5-6-10/h10H,3-9H2,1-2H3,(H,15,16). The molecule has 5 nitrogen and oxygen atoms in total. The van der Waals surface area contributed by atoms with E-state index in [2.05, 4.69) is 0 Å². The zero-order valence-corrected chi connectivity index (χ0v) is 10.7. The van der Waals surface area contributed by atoms with Gasteiger partial charge in [-0.2, -0.15) is 0 Å². The van der Waals surface area contributed by atoms with Crippen molar-refractivity contribution in [1.29, 1.82) is 0 Å². The second-order valence-corrected chi connectivity index (χ2v) is 4.52. The topological polar surface area (TPSA) is 60.9 Å². The van der Waals surface area contributed by atoms with Crippen molar-refractivity contribution in [3.05, 3.63) is 0 Å². The van der Waals surface area contributed by atoms with E-state index in [0.717, 1.165) is 32.2 Å². The largest absolute Gasteiger partial charge is 0.480 e. The van der Waals surface area contributed by atoms with Crippen LogP contribution in [0.5, 0.6) is 0 Å². The maximum absolute atomic E-state index is 12.2. The number of hydrogen-bond acceptors (Lipinski definition) is 2. The lowest BCUT2D eigenvalue weighted by Gasteiger charge is -2.29. The molecule has 1 aliphatic rings. The van der Waals surface area contributed by atoms with Crippen LogP contribution in [0.3, 0.4) is 0 Å². The zero-order valence-electron chi connectivity index (χ0n) is 10.7. The second kappa shape index (κ2) is 6.47. The number of rotatable bonds is 7. The first-order valence-electron chi connectivity index (χ1n) is 6.37. The van der Waals surface area contributed by atoms with E-state index in [9.17, 15) is 9.59 Å². The average molecular weight is 242 g/mol. The Labute approximate surface area is 102 Å². The average Bonchev–Trinajstić information content (AvgIpc) is 3.07. The molecule has 1 rings (SSSR count). The fraction of sp³-hybridized carbons (Fsp3) is 0.833. The summed E-state index contributed by atoms with van der Waals surface area (Å²) in [5.41, 5.74) is 0. The van der Waals surface area contributed by atoms with E-state index in [0.29, 0.717) is 12.6 Å². The summed E-state index contributed by atoms with van der Waals surface area (Å²) in [6.07, 6.45) is 3.80. The van der Waals surface area contributed by atoms with Gasteiger partial charge in [0.15, 0.2) is 0 Å². The molecule has 0 aromatic carbocycles. The van der Waals surface area contributed by atoms with Crippen molar-refractivity contribution < 1.29 is 14.7 Å². The Morgan fingerprint density at radius 3 is 2.18 bits per heavy atom. The molecule has 0 bridgehead atoms. The monoisotopic (exact) mass is 242 g/mol. The highest BCUT2D eigenvalue weighted by Crippen LogP contribution is 2.27. The Morgan fingerprint density at radius 1 is 1.18 bits per heavy atom. The molecule has 0 radical (unpaired) electrons. The van der Waals surface area contributed by atoms with Crippen molar-refractivity contribution in [3.8, 4) is 0 Å². The molecule has 1 N–H and O–H groups in total. The van der Waals surface area contributed by atoms with Gasteiger partial charge in [0.05, 0.1) is 0 Å². The number of carboxylic acids is 1. The highest BCUT2D eigenvalue weighted by Gasteiger charge is 2.34. The molecular weight excluding hydrogens is 220 g/mol. The number of carbonyl (C=O) groups is 2. The number of urea groups is 1. The predicted octanol–water partition coefficient (Wildman–Crippen LogP) is 1.78. The molecule has 0 unspecified atom stereocenters. The van der Waals surface area contributed by atoms with E-state index < -0.39 is 5.97 Å². The minimum atomic E-state index is -0.945. The Kier molecular flexibility index (Phi) is 5.25. The highest BCUT2D eigenvalue weighted by atomic mass is 16.4. The first-order valence-corrected chi connectivity index (χ1v) is 6.37. The number of carbonyl (C=O) groups excluding carboxylic acids is 1. The first-order chi connectivity index (χ1) is 8.10. The van der Waals surface area contributed by atoms with Crippen molar-refractivity contribution in [1.82, 2.24) is 9.80 Å². The van der Waals surface area contributed by atoms with Gasteiger partial charge in [-0.05, 0) is 25.7 Å². The van der Waals surface area contributed by atoms with Gasteiger partial charge in [0.25, 0.3) is 0 Å². The SMILES string of the molecule is CCCN(CC(=O)O)C(=O)N(CCC)C1CC1. The van der Waals surface area contributed by atoms with Crippen LogP contribution >= 0.6 is 0 Å². The summed E-state index contributed by atoms with van der Waals surface area (Å²) in [5.74, 6) is -0.945. The Morgan fingerprint density at radius 2 is 1.76 bits per heavy atom. The van der Waals surface area contributed by atoms with Crippen molar-refractivity contribution in [2.75, 3.05) is 19.6 Å². The van der Waals surface area contributed by atoms with Crippen molar-refractivity contribution in [2.24, 2.45) is 0 Å². The van der Waals surface area contributed by atoms with Gasteiger partial charge in [-0.3, -0.25) is 4.79 Å². The molecule has 98 valence electrons. The molecule has 0 aromatic heterocycles. The van der Waals surface area contributed by atoms with Gasteiger partial charge in [0.2, 0.25) is 0 Å². The summed E-state index contributed by atoms with van der Waals surface area (Å²) >= 11 is 0. The quantitative estimate of drug-likeness (QED) is 0.740. The van der Waals surface area contributed by atoms with Crippen LogP contribution in [0.25, 0.3) is 0 Å². The van der Waals surface area contributed by atoms with Gasteiger partial charge in [0, 0.05) is 19.1 Å². The predicted molar refractivity (Wildman–Crippen MR) is 64.9 cm³/mol. The molecule has 0 heterocycles. The lowest BCUT2D eigenvalue weighted by atomic mass is 10.3. The molecule has 17 heavy (non-hydrogen) atoms. The fourth-order valence-corrected chi connectivity index (χ4v) is 1.92. The summed E-state index contributed by atoms with van der Waals surface area (Å²) in [6, 6.07) is 0.231. The Hall–Kier alpha value is -1.26. The van der Waals surface area contributed by atoms with Crippen LogP contribution in [0.2, 0.25) is 0 Å². The van der Waals surface area contributed by atoms with Crippen molar-refractivity contribution in [2.45, 2.75) is 45.6 Å². The lowest BCUT2D eigenvalue weighted by molar-refractivity contribution is -0.137. The van der Waals surface area contributed by atoms with Crippen LogP contribution < -0.4 is 0 Å². The van der Waals surface area contributed by atoms with E-state index in [-0.39, 0.29) is 12.6 Å². The third-order valence-electron chi connectivity index (χ3n) is 2.79. The third-order valence-corrected chi connectivity index (χ3v) is 2.79. The minimum absolute atomic E-state index is 0.112. The maximum Gasteiger partial charge on any atom is 0.323 e. The molecule has 0 atom stereocenters. The normalized spacial score (nSPS) is 14.5. The van der Waals surface area contributed by atoms with Crippen LogP contribution in [0.4, 0.5) is 4.79 Å². The van der Waals surface area contributed by atoms with E-state index in [1.54, 1.807) is 0 Å². The molecule has 0 spiro atoms.